The van der Waals surface area contributed by atoms with Crippen LogP contribution in [0.5, 0.6) is 0 Å². The van der Waals surface area contributed by atoms with Gasteiger partial charge in [0.1, 0.15) is 18.4 Å². The van der Waals surface area contributed by atoms with Crippen molar-refractivity contribution in [2.45, 2.75) is 71.3 Å². The molecule has 1 saturated carbocycles. The summed E-state index contributed by atoms with van der Waals surface area (Å²) in [6.45, 7) is 5.53. The predicted octanol–water partition coefficient (Wildman–Crippen LogP) is 3.95. The molecule has 3 aliphatic rings. The maximum atomic E-state index is 13.7. The SMILES string of the molecule is CCC(=O)NCC(C)(C)CNC(=O)NC1=CC=C2C(CC[C@]23CN(CC(=O)N(Cc2ccc(F)cc2)[C@@H](C)C(F)(F)F)C(=O)O3)C1=O. The fourth-order valence-corrected chi connectivity index (χ4v) is 5.79. The van der Waals surface area contributed by atoms with Gasteiger partial charge in [-0.05, 0) is 54.5 Å². The number of urea groups is 1. The highest BCUT2D eigenvalue weighted by Crippen LogP contribution is 2.48. The first-order valence-corrected chi connectivity index (χ1v) is 15.3. The van der Waals surface area contributed by atoms with Crippen molar-refractivity contribution in [2.24, 2.45) is 11.3 Å². The van der Waals surface area contributed by atoms with Crippen LogP contribution in [0.2, 0.25) is 0 Å². The molecule has 3 atom stereocenters. The molecular weight excluding hydrogens is 626 g/mol. The van der Waals surface area contributed by atoms with Crippen LogP contribution in [0.15, 0.2) is 47.7 Å². The largest absolute Gasteiger partial charge is 0.436 e. The van der Waals surface area contributed by atoms with Crippen LogP contribution in [0.25, 0.3) is 0 Å². The van der Waals surface area contributed by atoms with Gasteiger partial charge in [-0.1, -0.05) is 39.0 Å². The molecule has 0 aromatic heterocycles. The Balaban J connectivity index is 1.42. The third-order valence-corrected chi connectivity index (χ3v) is 8.65. The quantitative estimate of drug-likeness (QED) is 0.307. The molecule has 11 nitrogen and oxygen atoms in total. The first-order valence-electron chi connectivity index (χ1n) is 15.3. The lowest BCUT2D eigenvalue weighted by atomic mass is 9.85. The van der Waals surface area contributed by atoms with Crippen LogP contribution in [0.1, 0.15) is 52.5 Å². The van der Waals surface area contributed by atoms with Crippen LogP contribution >= 0.6 is 0 Å². The van der Waals surface area contributed by atoms with Gasteiger partial charge in [0, 0.05) is 32.0 Å². The number of amides is 5. The molecule has 47 heavy (non-hydrogen) atoms. The number of ether oxygens (including phenoxy) is 1. The smallest absolute Gasteiger partial charge is 0.411 e. The van der Waals surface area contributed by atoms with E-state index in [1.54, 1.807) is 13.0 Å². The number of carbonyl (C=O) groups excluding carboxylic acids is 5. The van der Waals surface area contributed by atoms with Crippen molar-refractivity contribution >= 4 is 29.7 Å². The average molecular weight is 666 g/mol. The number of hydrogen-bond donors (Lipinski definition) is 3. The second-order valence-corrected chi connectivity index (χ2v) is 12.8. The van der Waals surface area contributed by atoms with Crippen molar-refractivity contribution in [1.82, 2.24) is 25.8 Å². The summed E-state index contributed by atoms with van der Waals surface area (Å²) in [7, 11) is 0. The summed E-state index contributed by atoms with van der Waals surface area (Å²) in [6.07, 6.45) is -1.81. The summed E-state index contributed by atoms with van der Waals surface area (Å²) in [6, 6.07) is 1.91. The van der Waals surface area contributed by atoms with Crippen LogP contribution in [-0.4, -0.2) is 83.5 Å². The van der Waals surface area contributed by atoms with Gasteiger partial charge in [0.25, 0.3) is 0 Å². The zero-order valence-corrected chi connectivity index (χ0v) is 26.6. The molecule has 1 spiro atoms. The molecule has 5 amide bonds. The van der Waals surface area contributed by atoms with E-state index in [2.05, 4.69) is 16.0 Å². The number of benzene rings is 1. The summed E-state index contributed by atoms with van der Waals surface area (Å²) in [5.74, 6) is -2.77. The summed E-state index contributed by atoms with van der Waals surface area (Å²) in [5, 5.41) is 8.04. The Bertz CT molecular complexity index is 1470. The normalized spacial score (nSPS) is 21.4. The maximum absolute atomic E-state index is 13.7. The molecule has 1 heterocycles. The number of rotatable bonds is 11. The molecule has 1 saturated heterocycles. The number of Topliss-reactive ketones (excluding diaryl/α,β-unsaturated/α-hetero) is 1. The minimum absolute atomic E-state index is 0.0410. The molecule has 1 unspecified atom stereocenters. The fraction of sp³-hybridized carbons (Fsp3) is 0.531. The van der Waals surface area contributed by atoms with E-state index < -0.39 is 66.1 Å². The Hall–Kier alpha value is -4.43. The molecule has 0 bridgehead atoms. The van der Waals surface area contributed by atoms with Crippen molar-refractivity contribution in [1.29, 1.82) is 0 Å². The number of fused-ring (bicyclic) bond motifs is 2. The maximum Gasteiger partial charge on any atom is 0.411 e. The molecule has 15 heteroatoms. The van der Waals surface area contributed by atoms with Gasteiger partial charge >= 0.3 is 18.3 Å². The molecule has 2 fully saturated rings. The van der Waals surface area contributed by atoms with Crippen molar-refractivity contribution in [2.75, 3.05) is 26.2 Å². The Morgan fingerprint density at radius 1 is 1.09 bits per heavy atom. The number of alkyl halides is 3. The lowest BCUT2D eigenvalue weighted by Crippen LogP contribution is -2.50. The molecule has 3 N–H and O–H groups in total. The molecule has 1 aromatic carbocycles. The number of hydrogen-bond acceptors (Lipinski definition) is 6. The number of carbonyl (C=O) groups is 5. The standard InChI is InChI=1S/C32H39F4N5O6/c1-5-25(42)37-16-30(3,4)17-38-28(45)39-24-11-10-23-22(27(24)44)12-13-31(23)18-40(29(46)47-31)15-26(43)41(19(2)32(34,35)36)14-20-6-8-21(33)9-7-20/h6-11,19,22H,5,12-18H2,1-4H3,(H,37,42)(H2,38,39,45)/t19-,22?,31-/m0/s1. The van der Waals surface area contributed by atoms with Crippen LogP contribution in [0.4, 0.5) is 27.2 Å². The zero-order chi connectivity index (χ0) is 34.7. The predicted molar refractivity (Wildman–Crippen MR) is 161 cm³/mol. The van der Waals surface area contributed by atoms with E-state index in [9.17, 15) is 41.5 Å². The molecule has 0 radical (unpaired) electrons. The van der Waals surface area contributed by atoms with Gasteiger partial charge in [-0.25, -0.2) is 14.0 Å². The van der Waals surface area contributed by atoms with E-state index in [0.29, 0.717) is 23.4 Å². The third kappa shape index (κ3) is 8.30. The van der Waals surface area contributed by atoms with Crippen molar-refractivity contribution in [3.63, 3.8) is 0 Å². The summed E-state index contributed by atoms with van der Waals surface area (Å²) in [4.78, 5) is 65.3. The van der Waals surface area contributed by atoms with Crippen LogP contribution in [0, 0.1) is 17.2 Å². The Labute approximate surface area is 269 Å². The number of halogens is 4. The minimum Gasteiger partial charge on any atom is -0.436 e. The molecule has 256 valence electrons. The van der Waals surface area contributed by atoms with E-state index >= 15 is 0 Å². The molecule has 2 aliphatic carbocycles. The Morgan fingerprint density at radius 3 is 2.38 bits per heavy atom. The second kappa shape index (κ2) is 13.7. The van der Waals surface area contributed by atoms with E-state index in [1.807, 2.05) is 13.8 Å². The highest BCUT2D eigenvalue weighted by Gasteiger charge is 2.56. The molecule has 1 aliphatic heterocycles. The average Bonchev–Trinajstić information content (AvgIpc) is 3.53. The van der Waals surface area contributed by atoms with E-state index in [4.69, 9.17) is 4.74 Å². The number of allylic oxidation sites excluding steroid dienone is 3. The van der Waals surface area contributed by atoms with Crippen molar-refractivity contribution < 1.29 is 46.3 Å². The second-order valence-electron chi connectivity index (χ2n) is 12.8. The Kier molecular flexibility index (Phi) is 10.4. The van der Waals surface area contributed by atoms with Gasteiger partial charge < -0.3 is 25.6 Å². The van der Waals surface area contributed by atoms with Gasteiger partial charge in [-0.2, -0.15) is 13.2 Å². The van der Waals surface area contributed by atoms with E-state index in [0.717, 1.165) is 24.0 Å². The lowest BCUT2D eigenvalue weighted by Gasteiger charge is -2.32. The highest BCUT2D eigenvalue weighted by molar-refractivity contribution is 6.03. The monoisotopic (exact) mass is 665 g/mol. The molecule has 4 rings (SSSR count). The van der Waals surface area contributed by atoms with Crippen LogP contribution < -0.4 is 16.0 Å². The first kappa shape index (κ1) is 35.4. The lowest BCUT2D eigenvalue weighted by molar-refractivity contribution is -0.187. The Morgan fingerprint density at radius 2 is 1.74 bits per heavy atom. The first-order chi connectivity index (χ1) is 21.9. The third-order valence-electron chi connectivity index (χ3n) is 8.65. The van der Waals surface area contributed by atoms with Crippen LogP contribution in [0.3, 0.4) is 0 Å². The minimum atomic E-state index is -4.76. The van der Waals surface area contributed by atoms with Crippen molar-refractivity contribution in [3.05, 3.63) is 59.1 Å². The fourth-order valence-electron chi connectivity index (χ4n) is 5.79. The topological polar surface area (TPSA) is 137 Å². The molecular formula is C32H39F4N5O6. The number of nitrogens with one attached hydrogen (secondary N) is 3. The molecule has 1 aromatic rings. The van der Waals surface area contributed by atoms with Gasteiger partial charge in [0.15, 0.2) is 11.4 Å². The van der Waals surface area contributed by atoms with E-state index in [1.165, 1.54) is 18.2 Å². The zero-order valence-electron chi connectivity index (χ0n) is 26.6. The summed E-state index contributed by atoms with van der Waals surface area (Å²) in [5.41, 5.74) is -0.919. The van der Waals surface area contributed by atoms with Gasteiger partial charge in [-0.3, -0.25) is 19.3 Å². The van der Waals surface area contributed by atoms with E-state index in [-0.39, 0.29) is 48.9 Å². The van der Waals surface area contributed by atoms with Gasteiger partial charge in [0.05, 0.1) is 12.2 Å². The van der Waals surface area contributed by atoms with Crippen LogP contribution in [-0.2, 0) is 25.7 Å². The van der Waals surface area contributed by atoms with Gasteiger partial charge in [0.2, 0.25) is 11.8 Å². The number of nitrogens with zero attached hydrogens (tertiary/aromatic N) is 2. The summed E-state index contributed by atoms with van der Waals surface area (Å²) < 4.78 is 60.2. The van der Waals surface area contributed by atoms with Crippen molar-refractivity contribution in [3.8, 4) is 0 Å². The summed E-state index contributed by atoms with van der Waals surface area (Å²) >= 11 is 0. The van der Waals surface area contributed by atoms with Gasteiger partial charge in [-0.15, -0.1) is 0 Å². The number of ketones is 1. The highest BCUT2D eigenvalue weighted by atomic mass is 19.4.